The summed E-state index contributed by atoms with van der Waals surface area (Å²) in [7, 11) is 0. The number of hydrogen-bond acceptors (Lipinski definition) is 3. The largest absolute Gasteiger partial charge is 0.308 e. The molecule has 0 aliphatic carbocycles. The SMILES string of the molecule is CCN(C(=O)c1cncc(Br)c1)c1ccncc1. The third-order valence-corrected chi connectivity index (χ3v) is 2.92. The van der Waals surface area contributed by atoms with E-state index in [1.54, 1.807) is 35.8 Å². The van der Waals surface area contributed by atoms with Gasteiger partial charge < -0.3 is 4.90 Å². The van der Waals surface area contributed by atoms with E-state index in [9.17, 15) is 4.79 Å². The number of pyridine rings is 2. The van der Waals surface area contributed by atoms with Gasteiger partial charge in [-0.2, -0.15) is 0 Å². The molecule has 2 aromatic heterocycles. The lowest BCUT2D eigenvalue weighted by molar-refractivity contribution is 0.0988. The van der Waals surface area contributed by atoms with Crippen molar-refractivity contribution in [2.75, 3.05) is 11.4 Å². The lowest BCUT2D eigenvalue weighted by atomic mass is 10.2. The van der Waals surface area contributed by atoms with Crippen LogP contribution in [-0.4, -0.2) is 22.4 Å². The number of halogens is 1. The smallest absolute Gasteiger partial charge is 0.259 e. The predicted octanol–water partition coefficient (Wildman–Crippen LogP) is 2.91. The molecule has 0 aliphatic rings. The highest BCUT2D eigenvalue weighted by Crippen LogP contribution is 2.17. The van der Waals surface area contributed by atoms with Gasteiger partial charge in [0.2, 0.25) is 0 Å². The first-order chi connectivity index (χ1) is 8.72. The van der Waals surface area contributed by atoms with Gasteiger partial charge in [0.05, 0.1) is 5.56 Å². The number of aromatic nitrogens is 2. The van der Waals surface area contributed by atoms with Crippen molar-refractivity contribution < 1.29 is 4.79 Å². The van der Waals surface area contributed by atoms with Crippen LogP contribution in [0.15, 0.2) is 47.5 Å². The minimum absolute atomic E-state index is 0.0718. The summed E-state index contributed by atoms with van der Waals surface area (Å²) < 4.78 is 0.791. The molecule has 0 atom stereocenters. The number of carbonyl (C=O) groups is 1. The van der Waals surface area contributed by atoms with Crippen molar-refractivity contribution >= 4 is 27.5 Å². The third kappa shape index (κ3) is 2.73. The van der Waals surface area contributed by atoms with Gasteiger partial charge in [0.1, 0.15) is 0 Å². The van der Waals surface area contributed by atoms with Crippen molar-refractivity contribution in [3.8, 4) is 0 Å². The number of hydrogen-bond donors (Lipinski definition) is 0. The number of nitrogens with zero attached hydrogens (tertiary/aromatic N) is 3. The van der Waals surface area contributed by atoms with Crippen LogP contribution in [0.5, 0.6) is 0 Å². The zero-order valence-corrected chi connectivity index (χ0v) is 11.5. The zero-order chi connectivity index (χ0) is 13.0. The van der Waals surface area contributed by atoms with Crippen molar-refractivity contribution in [1.29, 1.82) is 0 Å². The second-order valence-corrected chi connectivity index (χ2v) is 4.56. The van der Waals surface area contributed by atoms with E-state index >= 15 is 0 Å². The first-order valence-electron chi connectivity index (χ1n) is 5.55. The van der Waals surface area contributed by atoms with Crippen LogP contribution in [0.25, 0.3) is 0 Å². The first-order valence-corrected chi connectivity index (χ1v) is 6.34. The average Bonchev–Trinajstić information content (AvgIpc) is 2.41. The van der Waals surface area contributed by atoms with E-state index in [2.05, 4.69) is 25.9 Å². The number of rotatable bonds is 3. The molecule has 0 radical (unpaired) electrons. The van der Waals surface area contributed by atoms with E-state index in [1.165, 1.54) is 0 Å². The fraction of sp³-hybridized carbons (Fsp3) is 0.154. The topological polar surface area (TPSA) is 46.1 Å². The molecule has 0 N–H and O–H groups in total. The average molecular weight is 306 g/mol. The van der Waals surface area contributed by atoms with Crippen molar-refractivity contribution in [3.05, 3.63) is 53.0 Å². The summed E-state index contributed by atoms with van der Waals surface area (Å²) in [6, 6.07) is 5.39. The molecule has 18 heavy (non-hydrogen) atoms. The van der Waals surface area contributed by atoms with Gasteiger partial charge in [-0.15, -0.1) is 0 Å². The van der Waals surface area contributed by atoms with E-state index in [4.69, 9.17) is 0 Å². The Hall–Kier alpha value is -1.75. The highest BCUT2D eigenvalue weighted by atomic mass is 79.9. The highest BCUT2D eigenvalue weighted by Gasteiger charge is 2.16. The Morgan fingerprint density at radius 2 is 2.00 bits per heavy atom. The Balaban J connectivity index is 2.32. The van der Waals surface area contributed by atoms with E-state index in [-0.39, 0.29) is 5.91 Å². The quantitative estimate of drug-likeness (QED) is 0.876. The van der Waals surface area contributed by atoms with E-state index in [0.29, 0.717) is 12.1 Å². The summed E-state index contributed by atoms with van der Waals surface area (Å²) in [5, 5.41) is 0. The number of anilines is 1. The molecule has 2 rings (SSSR count). The summed E-state index contributed by atoms with van der Waals surface area (Å²) in [5.41, 5.74) is 1.39. The molecule has 0 aliphatic heterocycles. The van der Waals surface area contributed by atoms with Crippen molar-refractivity contribution in [3.63, 3.8) is 0 Å². The fourth-order valence-corrected chi connectivity index (χ4v) is 2.02. The molecule has 0 spiro atoms. The summed E-state index contributed by atoms with van der Waals surface area (Å²) in [5.74, 6) is -0.0718. The Morgan fingerprint density at radius 3 is 2.61 bits per heavy atom. The van der Waals surface area contributed by atoms with Crippen LogP contribution in [-0.2, 0) is 0 Å². The molecule has 92 valence electrons. The van der Waals surface area contributed by atoms with Crippen LogP contribution in [0.3, 0.4) is 0 Å². The molecular formula is C13H12BrN3O. The van der Waals surface area contributed by atoms with E-state index in [1.807, 2.05) is 19.1 Å². The molecule has 1 amide bonds. The normalized spacial score (nSPS) is 10.1. The van der Waals surface area contributed by atoms with Crippen molar-refractivity contribution in [2.24, 2.45) is 0 Å². The molecule has 2 heterocycles. The number of amides is 1. The molecule has 0 saturated carbocycles. The maximum Gasteiger partial charge on any atom is 0.259 e. The Bertz CT molecular complexity index is 545. The van der Waals surface area contributed by atoms with E-state index < -0.39 is 0 Å². The van der Waals surface area contributed by atoms with Gasteiger partial charge in [-0.05, 0) is 41.1 Å². The van der Waals surface area contributed by atoms with Gasteiger partial charge in [0.15, 0.2) is 0 Å². The van der Waals surface area contributed by atoms with Crippen molar-refractivity contribution in [2.45, 2.75) is 6.92 Å². The monoisotopic (exact) mass is 305 g/mol. The first kappa shape index (κ1) is 12.7. The standard InChI is InChI=1S/C13H12BrN3O/c1-2-17(12-3-5-15-6-4-12)13(18)10-7-11(14)9-16-8-10/h3-9H,2H2,1H3. The zero-order valence-electron chi connectivity index (χ0n) is 9.88. The van der Waals surface area contributed by atoms with Gasteiger partial charge in [-0.1, -0.05) is 0 Å². The van der Waals surface area contributed by atoms with Crippen LogP contribution in [0.4, 0.5) is 5.69 Å². The Labute approximate surface area is 114 Å². The van der Waals surface area contributed by atoms with Crippen LogP contribution < -0.4 is 4.90 Å². The van der Waals surface area contributed by atoms with Gasteiger partial charge in [0.25, 0.3) is 5.91 Å². The van der Waals surface area contributed by atoms with Gasteiger partial charge >= 0.3 is 0 Å². The minimum atomic E-state index is -0.0718. The fourth-order valence-electron chi connectivity index (χ4n) is 1.65. The lowest BCUT2D eigenvalue weighted by Gasteiger charge is -2.20. The molecule has 0 unspecified atom stereocenters. The summed E-state index contributed by atoms with van der Waals surface area (Å²) in [6.45, 7) is 2.53. The van der Waals surface area contributed by atoms with Crippen LogP contribution in [0, 0.1) is 0 Å². The molecule has 0 saturated heterocycles. The molecule has 2 aromatic rings. The molecule has 4 nitrogen and oxygen atoms in total. The van der Waals surface area contributed by atoms with Crippen LogP contribution >= 0.6 is 15.9 Å². The van der Waals surface area contributed by atoms with E-state index in [0.717, 1.165) is 10.2 Å². The molecule has 0 aromatic carbocycles. The highest BCUT2D eigenvalue weighted by molar-refractivity contribution is 9.10. The maximum absolute atomic E-state index is 12.4. The van der Waals surface area contributed by atoms with Gasteiger partial charge in [-0.25, -0.2) is 0 Å². The predicted molar refractivity (Wildman–Crippen MR) is 73.5 cm³/mol. The van der Waals surface area contributed by atoms with Gasteiger partial charge in [0, 0.05) is 41.5 Å². The Morgan fingerprint density at radius 1 is 1.28 bits per heavy atom. The molecule has 0 bridgehead atoms. The minimum Gasteiger partial charge on any atom is -0.308 e. The number of carbonyl (C=O) groups excluding carboxylic acids is 1. The van der Waals surface area contributed by atoms with Crippen molar-refractivity contribution in [1.82, 2.24) is 9.97 Å². The lowest BCUT2D eigenvalue weighted by Crippen LogP contribution is -2.30. The third-order valence-electron chi connectivity index (χ3n) is 2.49. The summed E-state index contributed by atoms with van der Waals surface area (Å²) in [4.78, 5) is 22.0. The van der Waals surface area contributed by atoms with Gasteiger partial charge in [-0.3, -0.25) is 14.8 Å². The maximum atomic E-state index is 12.4. The Kier molecular flexibility index (Phi) is 4.04. The second kappa shape index (κ2) is 5.73. The molecular weight excluding hydrogens is 294 g/mol. The molecule has 5 heteroatoms. The van der Waals surface area contributed by atoms with Crippen LogP contribution in [0.1, 0.15) is 17.3 Å². The molecule has 0 fully saturated rings. The van der Waals surface area contributed by atoms with Crippen LogP contribution in [0.2, 0.25) is 0 Å². The second-order valence-electron chi connectivity index (χ2n) is 3.65. The summed E-state index contributed by atoms with van der Waals surface area (Å²) >= 11 is 3.31. The summed E-state index contributed by atoms with van der Waals surface area (Å²) in [6.07, 6.45) is 6.56.